The van der Waals surface area contributed by atoms with E-state index >= 15 is 0 Å². The number of carbonyl (C=O) groups is 3. The molecule has 14 heteroatoms. The Morgan fingerprint density at radius 3 is 2.89 bits per heavy atom. The number of nitrogens with two attached hydrogens (primary N) is 1. The van der Waals surface area contributed by atoms with E-state index in [0.717, 1.165) is 11.8 Å². The van der Waals surface area contributed by atoms with E-state index in [1.807, 2.05) is 0 Å². The molecule has 0 saturated carbocycles. The lowest BCUT2D eigenvalue weighted by molar-refractivity contribution is -0.150. The monoisotopic (exact) mass is 443 g/mol. The second-order valence-corrected chi connectivity index (χ2v) is 9.50. The largest absolute Gasteiger partial charge is 0.477 e. The van der Waals surface area contributed by atoms with Crippen molar-refractivity contribution < 1.29 is 19.5 Å². The average Bonchev–Trinajstić information content (AvgIpc) is 3.26. The van der Waals surface area contributed by atoms with Crippen LogP contribution in [-0.2, 0) is 14.4 Å². The highest BCUT2D eigenvalue weighted by atomic mass is 32.2. The van der Waals surface area contributed by atoms with Crippen molar-refractivity contribution in [3.63, 3.8) is 0 Å². The number of nitrogens with zero attached hydrogens (tertiary/aromatic N) is 3. The van der Waals surface area contributed by atoms with Crippen LogP contribution in [0.3, 0.4) is 0 Å². The number of thioether (sulfide) groups is 2. The standard InChI is InChI=1S/C14H17N7O4S3/c15-10-6(18-4-27-10)1-7(22)19-8-12(23)21-9(14(24)25)5(2-26-13(8)21)11-17-3-20(16)28-11/h4,6,8,11,13,15,17H,1-3,16H2,(H,19,22)(H,24,25)/t6?,8?,11?,13-/m1/s1. The molecule has 2 fully saturated rings. The Balaban J connectivity index is 1.46. The number of hydrogen-bond acceptors (Lipinski definition) is 11. The van der Waals surface area contributed by atoms with Crippen LogP contribution in [0.25, 0.3) is 0 Å². The van der Waals surface area contributed by atoms with Crippen LogP contribution in [0.5, 0.6) is 0 Å². The maximum atomic E-state index is 12.6. The molecule has 4 heterocycles. The molecule has 2 saturated heterocycles. The number of hydrazine groups is 1. The zero-order valence-corrected chi connectivity index (χ0v) is 16.8. The summed E-state index contributed by atoms with van der Waals surface area (Å²) in [5.41, 5.74) is 2.07. The highest BCUT2D eigenvalue weighted by Crippen LogP contribution is 2.43. The summed E-state index contributed by atoms with van der Waals surface area (Å²) in [7, 11) is 0. The third-order valence-corrected chi connectivity index (χ3v) is 7.73. The van der Waals surface area contributed by atoms with Gasteiger partial charge in [-0.2, -0.15) is 4.41 Å². The lowest BCUT2D eigenvalue weighted by Gasteiger charge is -2.50. The van der Waals surface area contributed by atoms with E-state index in [0.29, 0.717) is 23.0 Å². The Morgan fingerprint density at radius 1 is 1.50 bits per heavy atom. The first-order valence-corrected chi connectivity index (χ1v) is 11.0. The maximum absolute atomic E-state index is 12.6. The van der Waals surface area contributed by atoms with Crippen LogP contribution in [0, 0.1) is 5.41 Å². The molecule has 0 aromatic heterocycles. The Morgan fingerprint density at radius 2 is 2.29 bits per heavy atom. The molecule has 0 aromatic rings. The Bertz CT molecular complexity index is 819. The summed E-state index contributed by atoms with van der Waals surface area (Å²) in [6, 6.07) is -1.29. The first-order chi connectivity index (χ1) is 13.4. The summed E-state index contributed by atoms with van der Waals surface area (Å²) in [5, 5.41) is 22.7. The Hall–Kier alpha value is -1.58. The van der Waals surface area contributed by atoms with Crippen LogP contribution in [0.2, 0.25) is 0 Å². The normalized spacial score (nSPS) is 32.5. The van der Waals surface area contributed by atoms with E-state index in [4.69, 9.17) is 11.3 Å². The van der Waals surface area contributed by atoms with Gasteiger partial charge < -0.3 is 10.4 Å². The van der Waals surface area contributed by atoms with Gasteiger partial charge in [0.2, 0.25) is 5.91 Å². The second kappa shape index (κ2) is 7.68. The topological polar surface area (TPSA) is 164 Å². The van der Waals surface area contributed by atoms with Gasteiger partial charge in [0, 0.05) is 5.75 Å². The van der Waals surface area contributed by atoms with Gasteiger partial charge in [0.1, 0.15) is 23.2 Å². The minimum atomic E-state index is -1.18. The quantitative estimate of drug-likeness (QED) is 0.201. The van der Waals surface area contributed by atoms with Gasteiger partial charge in [-0.1, -0.05) is 11.8 Å². The number of rotatable bonds is 5. The van der Waals surface area contributed by atoms with Crippen molar-refractivity contribution in [2.75, 3.05) is 12.4 Å². The molecule has 0 aromatic carbocycles. The van der Waals surface area contributed by atoms with E-state index in [1.165, 1.54) is 38.6 Å². The first-order valence-electron chi connectivity index (χ1n) is 8.26. The number of carboxylic acid groups (broad SMARTS) is 1. The number of fused-ring (bicyclic) bond motifs is 1. The summed E-state index contributed by atoms with van der Waals surface area (Å²) in [5.74, 6) is 4.11. The number of amides is 2. The third-order valence-electron chi connectivity index (χ3n) is 4.61. The van der Waals surface area contributed by atoms with Crippen molar-refractivity contribution >= 4 is 63.8 Å². The molecular formula is C14H17N7O4S3. The second-order valence-electron chi connectivity index (χ2n) is 6.36. The van der Waals surface area contributed by atoms with Gasteiger partial charge in [-0.05, 0) is 17.5 Å². The third kappa shape index (κ3) is 3.44. The van der Waals surface area contributed by atoms with Gasteiger partial charge in [-0.15, -0.1) is 11.8 Å². The minimum Gasteiger partial charge on any atom is -0.477 e. The van der Waals surface area contributed by atoms with E-state index in [-0.39, 0.29) is 23.4 Å². The van der Waals surface area contributed by atoms with Crippen LogP contribution in [-0.4, -0.2) is 78.0 Å². The maximum Gasteiger partial charge on any atom is 0.352 e. The van der Waals surface area contributed by atoms with E-state index in [2.05, 4.69) is 15.6 Å². The number of nitrogens with one attached hydrogen (secondary N) is 3. The molecule has 4 aliphatic heterocycles. The molecule has 150 valence electrons. The summed E-state index contributed by atoms with van der Waals surface area (Å²) in [6.45, 7) is 0.406. The summed E-state index contributed by atoms with van der Waals surface area (Å²) in [4.78, 5) is 42.0. The highest BCUT2D eigenvalue weighted by Gasteiger charge is 2.55. The smallest absolute Gasteiger partial charge is 0.352 e. The Kier molecular flexibility index (Phi) is 5.41. The number of hydrogen-bond donors (Lipinski definition) is 5. The number of β-lactam (4-membered cyclic amide) rings is 1. The van der Waals surface area contributed by atoms with Crippen molar-refractivity contribution in [3.8, 4) is 0 Å². The Labute approximate surface area is 172 Å². The molecule has 2 amide bonds. The van der Waals surface area contributed by atoms with Crippen LogP contribution < -0.4 is 16.5 Å². The predicted octanol–water partition coefficient (Wildman–Crippen LogP) is -1.05. The van der Waals surface area contributed by atoms with Gasteiger partial charge in [0.25, 0.3) is 5.91 Å². The molecule has 0 aliphatic carbocycles. The highest BCUT2D eigenvalue weighted by molar-refractivity contribution is 8.25. The summed E-state index contributed by atoms with van der Waals surface area (Å²) < 4.78 is 1.47. The van der Waals surface area contributed by atoms with Crippen molar-refractivity contribution in [2.24, 2.45) is 10.8 Å². The number of carbonyl (C=O) groups excluding carboxylic acids is 2. The number of aliphatic imine (C=N–C) groups is 1. The molecular weight excluding hydrogens is 426 g/mol. The van der Waals surface area contributed by atoms with Gasteiger partial charge in [-0.25, -0.2) is 4.79 Å². The first kappa shape index (κ1) is 19.7. The van der Waals surface area contributed by atoms with Crippen LogP contribution in [0.15, 0.2) is 16.3 Å². The fraction of sp³-hybridized carbons (Fsp3) is 0.500. The molecule has 3 unspecified atom stereocenters. The SMILES string of the molecule is N=C1SC=NC1CC(=O)NC1C(=O)N2C(C(=O)O)=C(C3NCN(N)S3)CS[C@H]12. The van der Waals surface area contributed by atoms with Crippen molar-refractivity contribution in [3.05, 3.63) is 11.3 Å². The minimum absolute atomic E-state index is 0.00859. The van der Waals surface area contributed by atoms with Crippen LogP contribution in [0.1, 0.15) is 6.42 Å². The lowest BCUT2D eigenvalue weighted by atomic mass is 10.0. The van der Waals surface area contributed by atoms with Crippen LogP contribution >= 0.6 is 35.5 Å². The average molecular weight is 444 g/mol. The zero-order chi connectivity index (χ0) is 20.0. The summed E-state index contributed by atoms with van der Waals surface area (Å²) >= 11 is 3.84. The molecule has 4 atom stereocenters. The van der Waals surface area contributed by atoms with Crippen LogP contribution in [0.4, 0.5) is 0 Å². The lowest BCUT2D eigenvalue weighted by Crippen LogP contribution is -2.71. The molecule has 6 N–H and O–H groups in total. The van der Waals surface area contributed by atoms with Crippen molar-refractivity contribution in [2.45, 2.75) is 29.3 Å². The predicted molar refractivity (Wildman–Crippen MR) is 107 cm³/mol. The number of carboxylic acids is 1. The molecule has 11 nitrogen and oxygen atoms in total. The molecule has 0 spiro atoms. The summed E-state index contributed by atoms with van der Waals surface area (Å²) in [6.07, 6.45) is -0.00859. The van der Waals surface area contributed by atoms with Gasteiger partial charge >= 0.3 is 5.97 Å². The van der Waals surface area contributed by atoms with E-state index < -0.39 is 29.3 Å². The zero-order valence-electron chi connectivity index (χ0n) is 14.3. The fourth-order valence-electron chi connectivity index (χ4n) is 3.27. The van der Waals surface area contributed by atoms with Crippen molar-refractivity contribution in [1.82, 2.24) is 19.9 Å². The van der Waals surface area contributed by atoms with Crippen molar-refractivity contribution in [1.29, 1.82) is 5.41 Å². The molecule has 28 heavy (non-hydrogen) atoms. The molecule has 0 radical (unpaired) electrons. The molecule has 4 aliphatic rings. The number of aliphatic carboxylic acids is 1. The van der Waals surface area contributed by atoms with E-state index in [1.54, 1.807) is 0 Å². The fourth-order valence-corrected chi connectivity index (χ4v) is 6.28. The molecule has 4 rings (SSSR count). The molecule has 0 bridgehead atoms. The van der Waals surface area contributed by atoms with Gasteiger partial charge in [0.15, 0.2) is 0 Å². The van der Waals surface area contributed by atoms with Gasteiger partial charge in [0.05, 0.1) is 29.1 Å². The van der Waals surface area contributed by atoms with Gasteiger partial charge in [-0.3, -0.25) is 36.1 Å². The van der Waals surface area contributed by atoms with E-state index in [9.17, 15) is 19.5 Å².